The Balaban J connectivity index is 2.33. The molecule has 18 heavy (non-hydrogen) atoms. The highest BCUT2D eigenvalue weighted by Crippen LogP contribution is 2.25. The number of rotatable bonds is 8. The summed E-state index contributed by atoms with van der Waals surface area (Å²) in [6, 6.07) is 7.97. The van der Waals surface area contributed by atoms with Crippen molar-refractivity contribution in [2.75, 3.05) is 26.1 Å². The van der Waals surface area contributed by atoms with E-state index in [2.05, 4.69) is 19.2 Å². The fourth-order valence-corrected chi connectivity index (χ4v) is 2.08. The third kappa shape index (κ3) is 4.75. The monoisotopic (exact) mass is 271 g/mol. The van der Waals surface area contributed by atoms with Crippen molar-refractivity contribution in [2.45, 2.75) is 19.9 Å². The predicted molar refractivity (Wildman–Crippen MR) is 75.8 cm³/mol. The Morgan fingerprint density at radius 2 is 1.89 bits per heavy atom. The van der Waals surface area contributed by atoms with Crippen molar-refractivity contribution in [3.63, 3.8) is 0 Å². The average molecular weight is 272 g/mol. The zero-order valence-corrected chi connectivity index (χ0v) is 12.0. The SMILES string of the molecule is COc1ccccc1OCCNC(CCl)C(C)C. The summed E-state index contributed by atoms with van der Waals surface area (Å²) in [4.78, 5) is 0. The van der Waals surface area contributed by atoms with Gasteiger partial charge in [0.1, 0.15) is 6.61 Å². The Morgan fingerprint density at radius 1 is 1.22 bits per heavy atom. The molecule has 0 amide bonds. The van der Waals surface area contributed by atoms with Gasteiger partial charge in [0.05, 0.1) is 7.11 Å². The fraction of sp³-hybridized carbons (Fsp3) is 0.571. The summed E-state index contributed by atoms with van der Waals surface area (Å²) in [5.41, 5.74) is 0. The molecule has 0 saturated heterocycles. The third-order valence-corrected chi connectivity index (χ3v) is 3.14. The first kappa shape index (κ1) is 15.1. The van der Waals surface area contributed by atoms with E-state index in [-0.39, 0.29) is 0 Å². The van der Waals surface area contributed by atoms with Gasteiger partial charge in [-0.15, -0.1) is 11.6 Å². The molecule has 1 aromatic rings. The van der Waals surface area contributed by atoms with Crippen LogP contribution in [0.5, 0.6) is 11.5 Å². The molecule has 0 heterocycles. The van der Waals surface area contributed by atoms with E-state index in [9.17, 15) is 0 Å². The van der Waals surface area contributed by atoms with Crippen LogP contribution >= 0.6 is 11.6 Å². The van der Waals surface area contributed by atoms with Crippen LogP contribution in [0.15, 0.2) is 24.3 Å². The molecule has 4 heteroatoms. The maximum absolute atomic E-state index is 5.88. The smallest absolute Gasteiger partial charge is 0.161 e. The summed E-state index contributed by atoms with van der Waals surface area (Å²) < 4.78 is 10.9. The van der Waals surface area contributed by atoms with Crippen LogP contribution in [-0.2, 0) is 0 Å². The van der Waals surface area contributed by atoms with Crippen LogP contribution < -0.4 is 14.8 Å². The molecule has 0 radical (unpaired) electrons. The van der Waals surface area contributed by atoms with Crippen molar-refractivity contribution in [2.24, 2.45) is 5.92 Å². The predicted octanol–water partition coefficient (Wildman–Crippen LogP) is 2.93. The minimum absolute atomic E-state index is 0.327. The molecule has 1 atom stereocenters. The van der Waals surface area contributed by atoms with Crippen LogP contribution in [0, 0.1) is 5.92 Å². The Labute approximate surface area is 114 Å². The second-order valence-electron chi connectivity index (χ2n) is 4.46. The van der Waals surface area contributed by atoms with Gasteiger partial charge in [-0.25, -0.2) is 0 Å². The number of hydrogen-bond acceptors (Lipinski definition) is 3. The lowest BCUT2D eigenvalue weighted by molar-refractivity contribution is 0.281. The van der Waals surface area contributed by atoms with Gasteiger partial charge < -0.3 is 14.8 Å². The van der Waals surface area contributed by atoms with Crippen molar-refractivity contribution in [1.82, 2.24) is 5.32 Å². The van der Waals surface area contributed by atoms with E-state index in [1.807, 2.05) is 24.3 Å². The molecule has 3 nitrogen and oxygen atoms in total. The lowest BCUT2D eigenvalue weighted by Gasteiger charge is -2.20. The van der Waals surface area contributed by atoms with Gasteiger partial charge in [-0.2, -0.15) is 0 Å². The van der Waals surface area contributed by atoms with E-state index >= 15 is 0 Å². The molecule has 1 N–H and O–H groups in total. The molecular weight excluding hydrogens is 250 g/mol. The molecule has 0 fully saturated rings. The van der Waals surface area contributed by atoms with Gasteiger partial charge in [-0.3, -0.25) is 0 Å². The lowest BCUT2D eigenvalue weighted by Crippen LogP contribution is -2.37. The van der Waals surface area contributed by atoms with Crippen molar-refractivity contribution in [1.29, 1.82) is 0 Å². The fourth-order valence-electron chi connectivity index (χ4n) is 1.61. The second-order valence-corrected chi connectivity index (χ2v) is 4.77. The molecule has 102 valence electrons. The molecule has 0 aliphatic carbocycles. The molecule has 0 aliphatic heterocycles. The Kier molecular flexibility index (Phi) is 6.91. The molecule has 0 bridgehead atoms. The molecular formula is C14H22ClNO2. The topological polar surface area (TPSA) is 30.5 Å². The van der Waals surface area contributed by atoms with Crippen molar-refractivity contribution in [3.05, 3.63) is 24.3 Å². The van der Waals surface area contributed by atoms with Gasteiger partial charge in [0.25, 0.3) is 0 Å². The summed E-state index contributed by atoms with van der Waals surface area (Å²) in [5.74, 6) is 2.67. The van der Waals surface area contributed by atoms with Crippen LogP contribution in [0.3, 0.4) is 0 Å². The Bertz CT molecular complexity index is 344. The second kappa shape index (κ2) is 8.22. The van der Waals surface area contributed by atoms with Crippen LogP contribution in [0.2, 0.25) is 0 Å². The zero-order valence-electron chi connectivity index (χ0n) is 11.3. The number of benzene rings is 1. The first-order valence-electron chi connectivity index (χ1n) is 6.24. The summed E-state index contributed by atoms with van der Waals surface area (Å²) in [7, 11) is 1.64. The average Bonchev–Trinajstić information content (AvgIpc) is 2.38. The van der Waals surface area contributed by atoms with Crippen molar-refractivity contribution < 1.29 is 9.47 Å². The number of methoxy groups -OCH3 is 1. The molecule has 0 aromatic heterocycles. The van der Waals surface area contributed by atoms with Crippen LogP contribution in [0.4, 0.5) is 0 Å². The highest BCUT2D eigenvalue weighted by Gasteiger charge is 2.10. The van der Waals surface area contributed by atoms with Gasteiger partial charge >= 0.3 is 0 Å². The number of hydrogen-bond donors (Lipinski definition) is 1. The standard InChI is InChI=1S/C14H22ClNO2/c1-11(2)12(10-15)16-8-9-18-14-7-5-4-6-13(14)17-3/h4-7,11-12,16H,8-10H2,1-3H3. The van der Waals surface area contributed by atoms with E-state index < -0.39 is 0 Å². The van der Waals surface area contributed by atoms with Gasteiger partial charge in [0, 0.05) is 18.5 Å². The maximum atomic E-state index is 5.88. The van der Waals surface area contributed by atoms with E-state index in [1.165, 1.54) is 0 Å². The van der Waals surface area contributed by atoms with E-state index in [4.69, 9.17) is 21.1 Å². The highest BCUT2D eigenvalue weighted by molar-refractivity contribution is 6.18. The van der Waals surface area contributed by atoms with Crippen molar-refractivity contribution >= 4 is 11.6 Å². The Morgan fingerprint density at radius 3 is 2.44 bits per heavy atom. The number of ether oxygens (including phenoxy) is 2. The van der Waals surface area contributed by atoms with E-state index in [0.29, 0.717) is 24.4 Å². The normalized spacial score (nSPS) is 12.5. The van der Waals surface area contributed by atoms with Crippen LogP contribution in [0.25, 0.3) is 0 Å². The summed E-state index contributed by atoms with van der Waals surface area (Å²) in [5, 5.41) is 3.38. The first-order valence-corrected chi connectivity index (χ1v) is 6.77. The zero-order chi connectivity index (χ0) is 13.4. The van der Waals surface area contributed by atoms with E-state index in [0.717, 1.165) is 18.0 Å². The van der Waals surface area contributed by atoms with Crippen molar-refractivity contribution in [3.8, 4) is 11.5 Å². The van der Waals surface area contributed by atoms with Crippen LogP contribution in [0.1, 0.15) is 13.8 Å². The minimum Gasteiger partial charge on any atom is -0.493 e. The Hall–Kier alpha value is -0.930. The first-order chi connectivity index (χ1) is 8.69. The quantitative estimate of drug-likeness (QED) is 0.583. The molecule has 0 aliphatic rings. The molecule has 1 unspecified atom stereocenters. The van der Waals surface area contributed by atoms with Gasteiger partial charge in [0.2, 0.25) is 0 Å². The molecule has 1 aromatic carbocycles. The van der Waals surface area contributed by atoms with Gasteiger partial charge in [0.15, 0.2) is 11.5 Å². The molecule has 0 saturated carbocycles. The summed E-state index contributed by atoms with van der Waals surface area (Å²) >= 11 is 5.88. The van der Waals surface area contributed by atoms with E-state index in [1.54, 1.807) is 7.11 Å². The largest absolute Gasteiger partial charge is 0.493 e. The number of halogens is 1. The number of alkyl halides is 1. The molecule has 1 rings (SSSR count). The summed E-state index contributed by atoms with van der Waals surface area (Å²) in [6.07, 6.45) is 0. The van der Waals surface area contributed by atoms with Gasteiger partial charge in [-0.05, 0) is 18.1 Å². The number of para-hydroxylation sites is 2. The van der Waals surface area contributed by atoms with Gasteiger partial charge in [-0.1, -0.05) is 26.0 Å². The number of nitrogens with one attached hydrogen (secondary N) is 1. The lowest BCUT2D eigenvalue weighted by atomic mass is 10.1. The maximum Gasteiger partial charge on any atom is 0.161 e. The third-order valence-electron chi connectivity index (χ3n) is 2.81. The summed E-state index contributed by atoms with van der Waals surface area (Å²) in [6.45, 7) is 5.68. The molecule has 0 spiro atoms. The highest BCUT2D eigenvalue weighted by atomic mass is 35.5. The van der Waals surface area contributed by atoms with Crippen LogP contribution in [-0.4, -0.2) is 32.2 Å². The minimum atomic E-state index is 0.327.